The summed E-state index contributed by atoms with van der Waals surface area (Å²) < 4.78 is 8.17. The van der Waals surface area contributed by atoms with E-state index < -0.39 is 5.60 Å². The highest BCUT2D eigenvalue weighted by molar-refractivity contribution is 14.1. The molecule has 0 aromatic heterocycles. The van der Waals surface area contributed by atoms with E-state index in [2.05, 4.69) is 127 Å². The molecule has 0 amide bonds. The van der Waals surface area contributed by atoms with Crippen molar-refractivity contribution in [1.29, 1.82) is 0 Å². The molecule has 1 aliphatic carbocycles. The Kier molecular flexibility index (Phi) is 8.07. The zero-order valence-corrected chi connectivity index (χ0v) is 21.1. The fraction of sp³-hybridized carbons (Fsp3) is 0.333. The number of hydrogen-bond acceptors (Lipinski definition) is 1. The topological polar surface area (TPSA) is 9.23 Å². The third-order valence-electron chi connectivity index (χ3n) is 6.76. The quantitative estimate of drug-likeness (QED) is 0.121. The molecule has 4 rings (SSSR count). The summed E-state index contributed by atoms with van der Waals surface area (Å²) in [5, 5.41) is 0. The molecule has 1 nitrogen and oxygen atoms in total. The monoisotopic (exact) mass is 536 g/mol. The Hall–Kier alpha value is -2.07. The summed E-state index contributed by atoms with van der Waals surface area (Å²) in [5.41, 5.74) is 2.81. The van der Waals surface area contributed by atoms with E-state index in [1.165, 1.54) is 25.7 Å². The van der Waals surface area contributed by atoms with E-state index in [0.29, 0.717) is 5.92 Å². The Morgan fingerprint density at radius 3 is 1.62 bits per heavy atom. The van der Waals surface area contributed by atoms with E-state index in [1.807, 2.05) is 0 Å². The maximum absolute atomic E-state index is 7.22. The summed E-state index contributed by atoms with van der Waals surface area (Å²) in [6.45, 7) is 2.39. The average molecular weight is 536 g/mol. The molecule has 0 unspecified atom stereocenters. The molecular weight excluding hydrogens is 503 g/mol. The second-order valence-electron chi connectivity index (χ2n) is 9.04. The predicted molar refractivity (Wildman–Crippen MR) is 143 cm³/mol. The van der Waals surface area contributed by atoms with Crippen LogP contribution in [0.15, 0.2) is 103 Å². The summed E-state index contributed by atoms with van der Waals surface area (Å²) in [6, 6.07) is 32.1. The minimum Gasteiger partial charge on any atom is -0.478 e. The highest BCUT2D eigenvalue weighted by Crippen LogP contribution is 2.44. The van der Waals surface area contributed by atoms with Crippen molar-refractivity contribution >= 4 is 22.6 Å². The zero-order chi connectivity index (χ0) is 22.2. The Morgan fingerprint density at radius 2 is 1.22 bits per heavy atom. The second-order valence-corrected chi connectivity index (χ2v) is 9.92. The maximum Gasteiger partial charge on any atom is 0.184 e. The van der Waals surface area contributed by atoms with Gasteiger partial charge in [-0.05, 0) is 30.8 Å². The third-order valence-corrected chi connectivity index (χ3v) is 7.20. The van der Waals surface area contributed by atoms with Crippen molar-refractivity contribution in [3.05, 3.63) is 120 Å². The van der Waals surface area contributed by atoms with Gasteiger partial charge in [0.15, 0.2) is 5.60 Å². The number of rotatable bonds is 8. The smallest absolute Gasteiger partial charge is 0.184 e. The number of hydrogen-bond donors (Lipinski definition) is 0. The van der Waals surface area contributed by atoms with Gasteiger partial charge in [-0.3, -0.25) is 0 Å². The van der Waals surface area contributed by atoms with E-state index in [4.69, 9.17) is 4.74 Å². The van der Waals surface area contributed by atoms with Gasteiger partial charge >= 0.3 is 0 Å². The second kappa shape index (κ2) is 11.2. The first-order valence-corrected chi connectivity index (χ1v) is 13.4. The summed E-state index contributed by atoms with van der Waals surface area (Å²) in [4.78, 5) is 0. The van der Waals surface area contributed by atoms with Gasteiger partial charge < -0.3 is 4.74 Å². The van der Waals surface area contributed by atoms with Crippen LogP contribution in [-0.4, -0.2) is 4.43 Å². The van der Waals surface area contributed by atoms with Crippen LogP contribution in [0.5, 0.6) is 0 Å². The SMILES string of the molecule is CC1CCC(CC(=CCI)OC(c2ccccc2)(c2ccccc2)c2ccccc2)CC1. The van der Waals surface area contributed by atoms with Crippen molar-refractivity contribution in [2.45, 2.75) is 44.6 Å². The molecule has 3 aromatic rings. The number of ether oxygens (including phenoxy) is 1. The lowest BCUT2D eigenvalue weighted by Crippen LogP contribution is -2.33. The van der Waals surface area contributed by atoms with Gasteiger partial charge in [-0.25, -0.2) is 0 Å². The average Bonchev–Trinajstić information content (AvgIpc) is 2.85. The third kappa shape index (κ3) is 5.28. The van der Waals surface area contributed by atoms with Crippen molar-refractivity contribution in [2.24, 2.45) is 11.8 Å². The van der Waals surface area contributed by atoms with E-state index >= 15 is 0 Å². The van der Waals surface area contributed by atoms with Crippen LogP contribution in [0.3, 0.4) is 0 Å². The molecular formula is C30H33IO. The molecule has 0 aliphatic heterocycles. The number of allylic oxidation sites excluding steroid dienone is 2. The molecule has 0 saturated heterocycles. The van der Waals surface area contributed by atoms with Gasteiger partial charge in [0.25, 0.3) is 0 Å². The van der Waals surface area contributed by atoms with E-state index in [0.717, 1.165) is 39.2 Å². The molecule has 0 N–H and O–H groups in total. The molecule has 1 fully saturated rings. The van der Waals surface area contributed by atoms with Gasteiger partial charge in [0.2, 0.25) is 0 Å². The first-order valence-electron chi connectivity index (χ1n) is 11.8. The fourth-order valence-corrected chi connectivity index (χ4v) is 5.45. The van der Waals surface area contributed by atoms with Crippen LogP contribution in [0.1, 0.15) is 55.7 Å². The van der Waals surface area contributed by atoms with Gasteiger partial charge in [0.1, 0.15) is 0 Å². The number of alkyl halides is 1. The minimum absolute atomic E-state index is 0.677. The first kappa shape index (κ1) is 23.1. The Labute approximate surface area is 207 Å². The largest absolute Gasteiger partial charge is 0.478 e. The molecule has 2 heteroatoms. The standard InChI is InChI=1S/C30H33IO/c1-24-17-19-25(20-18-24)23-29(21-22-31)32-30(26-11-5-2-6-12-26,27-13-7-3-8-14-27)28-15-9-4-10-16-28/h2-16,21,24-25H,17-20,22-23H2,1H3. The fourth-order valence-electron chi connectivity index (χ4n) is 4.96. The summed E-state index contributed by atoms with van der Waals surface area (Å²) in [7, 11) is 0. The van der Waals surface area contributed by atoms with Crippen LogP contribution < -0.4 is 0 Å². The minimum atomic E-state index is -0.677. The van der Waals surface area contributed by atoms with E-state index in [1.54, 1.807) is 0 Å². The van der Waals surface area contributed by atoms with E-state index in [9.17, 15) is 0 Å². The number of benzene rings is 3. The molecule has 32 heavy (non-hydrogen) atoms. The molecule has 0 heterocycles. The van der Waals surface area contributed by atoms with Crippen molar-refractivity contribution in [3.63, 3.8) is 0 Å². The van der Waals surface area contributed by atoms with E-state index in [-0.39, 0.29) is 0 Å². The van der Waals surface area contributed by atoms with Gasteiger partial charge in [0.05, 0.1) is 5.76 Å². The van der Waals surface area contributed by atoms with Crippen LogP contribution in [-0.2, 0) is 10.3 Å². The molecule has 1 aliphatic rings. The molecule has 3 aromatic carbocycles. The lowest BCUT2D eigenvalue weighted by atomic mass is 9.79. The Morgan fingerprint density at radius 1 is 0.781 bits per heavy atom. The van der Waals surface area contributed by atoms with Crippen LogP contribution in [0.2, 0.25) is 0 Å². The van der Waals surface area contributed by atoms with Gasteiger partial charge in [-0.15, -0.1) is 0 Å². The molecule has 0 atom stereocenters. The molecule has 1 saturated carbocycles. The lowest BCUT2D eigenvalue weighted by Gasteiger charge is -2.38. The molecule has 0 bridgehead atoms. The predicted octanol–water partition coefficient (Wildman–Crippen LogP) is 8.53. The molecule has 166 valence electrons. The van der Waals surface area contributed by atoms with Gasteiger partial charge in [0, 0.05) is 27.5 Å². The molecule has 0 spiro atoms. The summed E-state index contributed by atoms with van der Waals surface area (Å²) in [6.07, 6.45) is 8.59. The summed E-state index contributed by atoms with van der Waals surface area (Å²) in [5.74, 6) is 2.69. The first-order chi connectivity index (χ1) is 15.7. The number of halogens is 1. The maximum atomic E-state index is 7.22. The highest BCUT2D eigenvalue weighted by Gasteiger charge is 2.39. The summed E-state index contributed by atoms with van der Waals surface area (Å²) >= 11 is 2.44. The van der Waals surface area contributed by atoms with Gasteiger partial charge in [-0.2, -0.15) is 0 Å². The van der Waals surface area contributed by atoms with Gasteiger partial charge in [-0.1, -0.05) is 133 Å². The van der Waals surface area contributed by atoms with Crippen LogP contribution in [0.4, 0.5) is 0 Å². The van der Waals surface area contributed by atoms with Crippen LogP contribution in [0.25, 0.3) is 0 Å². The Bertz CT molecular complexity index is 876. The van der Waals surface area contributed by atoms with Crippen LogP contribution in [0, 0.1) is 11.8 Å². The normalized spacial score (nSPS) is 19.5. The van der Waals surface area contributed by atoms with Crippen molar-refractivity contribution < 1.29 is 4.74 Å². The van der Waals surface area contributed by atoms with Crippen molar-refractivity contribution in [2.75, 3.05) is 4.43 Å². The van der Waals surface area contributed by atoms with Crippen LogP contribution >= 0.6 is 22.6 Å². The van der Waals surface area contributed by atoms with Crippen molar-refractivity contribution in [1.82, 2.24) is 0 Å². The Balaban J connectivity index is 1.80. The molecule has 0 radical (unpaired) electrons. The highest BCUT2D eigenvalue weighted by atomic mass is 127. The van der Waals surface area contributed by atoms with Crippen molar-refractivity contribution in [3.8, 4) is 0 Å². The zero-order valence-electron chi connectivity index (χ0n) is 18.9. The lowest BCUT2D eigenvalue weighted by molar-refractivity contribution is 0.0576.